The number of amides is 1. The molecule has 162 valence electrons. The lowest BCUT2D eigenvalue weighted by atomic mass is 9.96. The molecule has 1 aliphatic heterocycles. The third-order valence-corrected chi connectivity index (χ3v) is 8.18. The van der Waals surface area contributed by atoms with Crippen LogP contribution in [-0.4, -0.2) is 31.7 Å². The summed E-state index contributed by atoms with van der Waals surface area (Å²) in [5.41, 5.74) is 2.56. The predicted molar refractivity (Wildman–Crippen MR) is 120 cm³/mol. The van der Waals surface area contributed by atoms with Crippen LogP contribution in [0.15, 0.2) is 41.3 Å². The highest BCUT2D eigenvalue weighted by Gasteiger charge is 2.33. The molecule has 1 unspecified atom stereocenters. The van der Waals surface area contributed by atoms with Gasteiger partial charge < -0.3 is 5.32 Å². The first-order valence-corrected chi connectivity index (χ1v) is 12.1. The summed E-state index contributed by atoms with van der Waals surface area (Å²) in [5, 5.41) is 4.04. The minimum absolute atomic E-state index is 0.0860. The molecule has 2 aromatic carbocycles. The molecule has 5 nitrogen and oxygen atoms in total. The van der Waals surface area contributed by atoms with Crippen molar-refractivity contribution in [2.75, 3.05) is 13.1 Å². The molecule has 0 saturated carbocycles. The second-order valence-corrected chi connectivity index (χ2v) is 10.6. The average Bonchev–Trinajstić information content (AvgIpc) is 2.67. The summed E-state index contributed by atoms with van der Waals surface area (Å²) in [6.45, 7) is 6.26. The summed E-state index contributed by atoms with van der Waals surface area (Å²) >= 11 is 12.2. The highest BCUT2D eigenvalue weighted by Crippen LogP contribution is 2.29. The van der Waals surface area contributed by atoms with E-state index in [0.29, 0.717) is 40.9 Å². The lowest BCUT2D eigenvalue weighted by Crippen LogP contribution is -2.43. The van der Waals surface area contributed by atoms with E-state index >= 15 is 0 Å². The zero-order chi connectivity index (χ0) is 22.1. The molecule has 0 aliphatic carbocycles. The number of nitrogens with zero attached hydrogens (tertiary/aromatic N) is 1. The monoisotopic (exact) mass is 468 g/mol. The van der Waals surface area contributed by atoms with Crippen LogP contribution in [0.2, 0.25) is 10.0 Å². The number of benzene rings is 2. The van der Waals surface area contributed by atoms with E-state index in [1.54, 1.807) is 24.3 Å². The van der Waals surface area contributed by atoms with Crippen molar-refractivity contribution in [3.8, 4) is 0 Å². The number of aryl methyl sites for hydroxylation is 2. The van der Waals surface area contributed by atoms with Gasteiger partial charge in [-0.15, -0.1) is 0 Å². The second kappa shape index (κ2) is 9.27. The van der Waals surface area contributed by atoms with Gasteiger partial charge in [0.05, 0.1) is 10.9 Å². The van der Waals surface area contributed by atoms with Crippen molar-refractivity contribution >= 4 is 39.1 Å². The van der Waals surface area contributed by atoms with E-state index in [2.05, 4.69) is 5.32 Å². The predicted octanol–water partition coefficient (Wildman–Crippen LogP) is 4.89. The largest absolute Gasteiger partial charge is 0.349 e. The van der Waals surface area contributed by atoms with E-state index in [0.717, 1.165) is 16.7 Å². The Bertz CT molecular complexity index is 1050. The van der Waals surface area contributed by atoms with Crippen molar-refractivity contribution in [2.24, 2.45) is 5.92 Å². The molecule has 0 aromatic heterocycles. The van der Waals surface area contributed by atoms with Gasteiger partial charge >= 0.3 is 0 Å². The Labute approximate surface area is 188 Å². The SMILES string of the molecule is Cc1ccc(S(=O)(=O)N2CCC(C(=O)NC(C)c3ccc(Cl)cc3Cl)CC2)c(C)c1. The Balaban J connectivity index is 1.62. The molecule has 1 atom stereocenters. The van der Waals surface area contributed by atoms with Crippen molar-refractivity contribution in [3.63, 3.8) is 0 Å². The average molecular weight is 469 g/mol. The van der Waals surface area contributed by atoms with Crippen LogP contribution in [0.5, 0.6) is 0 Å². The van der Waals surface area contributed by atoms with Gasteiger partial charge in [-0.25, -0.2) is 8.42 Å². The van der Waals surface area contributed by atoms with Gasteiger partial charge in [0, 0.05) is 29.1 Å². The van der Waals surface area contributed by atoms with Crippen LogP contribution in [0.25, 0.3) is 0 Å². The molecule has 1 saturated heterocycles. The van der Waals surface area contributed by atoms with Gasteiger partial charge in [-0.05, 0) is 62.9 Å². The van der Waals surface area contributed by atoms with E-state index in [9.17, 15) is 13.2 Å². The van der Waals surface area contributed by atoms with Crippen LogP contribution in [-0.2, 0) is 14.8 Å². The summed E-state index contributed by atoms with van der Waals surface area (Å²) in [4.78, 5) is 13.1. The Kier molecular flexibility index (Phi) is 7.13. The number of carbonyl (C=O) groups excluding carboxylic acids is 1. The first kappa shape index (κ1) is 23.1. The maximum Gasteiger partial charge on any atom is 0.243 e. The topological polar surface area (TPSA) is 66.5 Å². The number of nitrogens with one attached hydrogen (secondary N) is 1. The van der Waals surface area contributed by atoms with Crippen LogP contribution in [0.4, 0.5) is 0 Å². The number of rotatable bonds is 5. The number of hydrogen-bond donors (Lipinski definition) is 1. The number of sulfonamides is 1. The third kappa shape index (κ3) is 4.99. The summed E-state index contributed by atoms with van der Waals surface area (Å²) in [6.07, 6.45) is 0.966. The maximum atomic E-state index is 13.0. The molecule has 1 aliphatic rings. The van der Waals surface area contributed by atoms with E-state index in [4.69, 9.17) is 23.2 Å². The van der Waals surface area contributed by atoms with Crippen LogP contribution in [0.1, 0.15) is 42.5 Å². The highest BCUT2D eigenvalue weighted by molar-refractivity contribution is 7.89. The fourth-order valence-corrected chi connectivity index (χ4v) is 6.10. The maximum absolute atomic E-state index is 13.0. The van der Waals surface area contributed by atoms with Crippen molar-refractivity contribution in [2.45, 2.75) is 44.6 Å². The van der Waals surface area contributed by atoms with E-state index in [1.165, 1.54) is 4.31 Å². The van der Waals surface area contributed by atoms with Gasteiger partial charge in [0.2, 0.25) is 15.9 Å². The van der Waals surface area contributed by atoms with Crippen LogP contribution < -0.4 is 5.32 Å². The molecular formula is C22H26Cl2N2O3S. The quantitative estimate of drug-likeness (QED) is 0.678. The van der Waals surface area contributed by atoms with Gasteiger partial charge in [-0.1, -0.05) is 47.0 Å². The summed E-state index contributed by atoms with van der Waals surface area (Å²) in [5.74, 6) is -0.318. The van der Waals surface area contributed by atoms with Crippen molar-refractivity contribution < 1.29 is 13.2 Å². The number of carbonyl (C=O) groups is 1. The fraction of sp³-hybridized carbons (Fsp3) is 0.409. The van der Waals surface area contributed by atoms with Crippen LogP contribution in [0.3, 0.4) is 0 Å². The van der Waals surface area contributed by atoms with Gasteiger partial charge in [0.1, 0.15) is 0 Å². The van der Waals surface area contributed by atoms with Gasteiger partial charge in [-0.3, -0.25) is 4.79 Å². The highest BCUT2D eigenvalue weighted by atomic mass is 35.5. The Hall–Kier alpha value is -1.60. The molecule has 0 spiro atoms. The Morgan fingerprint density at radius 3 is 2.37 bits per heavy atom. The van der Waals surface area contributed by atoms with Crippen molar-refractivity contribution in [1.82, 2.24) is 9.62 Å². The lowest BCUT2D eigenvalue weighted by molar-refractivity contribution is -0.126. The van der Waals surface area contributed by atoms with Gasteiger partial charge in [0.25, 0.3) is 0 Å². The first-order chi connectivity index (χ1) is 14.1. The number of halogens is 2. The van der Waals surface area contributed by atoms with E-state index in [-0.39, 0.29) is 17.9 Å². The molecule has 1 fully saturated rings. The summed E-state index contributed by atoms with van der Waals surface area (Å²) in [6, 6.07) is 10.3. The molecule has 2 aromatic rings. The van der Waals surface area contributed by atoms with Crippen molar-refractivity contribution in [1.29, 1.82) is 0 Å². The lowest BCUT2D eigenvalue weighted by Gasteiger charge is -2.31. The molecule has 0 radical (unpaired) electrons. The van der Waals surface area contributed by atoms with Crippen molar-refractivity contribution in [3.05, 3.63) is 63.1 Å². The van der Waals surface area contributed by atoms with Crippen LogP contribution in [0, 0.1) is 19.8 Å². The van der Waals surface area contributed by atoms with E-state index < -0.39 is 10.0 Å². The number of hydrogen-bond acceptors (Lipinski definition) is 3. The fourth-order valence-electron chi connectivity index (χ4n) is 3.85. The summed E-state index contributed by atoms with van der Waals surface area (Å²) < 4.78 is 27.5. The zero-order valence-corrected chi connectivity index (χ0v) is 19.6. The molecule has 1 amide bonds. The first-order valence-electron chi connectivity index (χ1n) is 9.92. The molecule has 0 bridgehead atoms. The Morgan fingerprint density at radius 1 is 1.10 bits per heavy atom. The van der Waals surface area contributed by atoms with E-state index in [1.807, 2.05) is 32.9 Å². The molecule has 3 rings (SSSR count). The molecule has 8 heteroatoms. The zero-order valence-electron chi connectivity index (χ0n) is 17.3. The van der Waals surface area contributed by atoms with Gasteiger partial charge in [0.15, 0.2) is 0 Å². The normalized spacial score (nSPS) is 17.0. The Morgan fingerprint density at radius 2 is 1.77 bits per heavy atom. The van der Waals surface area contributed by atoms with Crippen LogP contribution >= 0.6 is 23.2 Å². The molecular weight excluding hydrogens is 443 g/mol. The third-order valence-electron chi connectivity index (χ3n) is 5.56. The minimum Gasteiger partial charge on any atom is -0.349 e. The second-order valence-electron chi connectivity index (χ2n) is 7.84. The summed E-state index contributed by atoms with van der Waals surface area (Å²) in [7, 11) is -3.56. The molecule has 30 heavy (non-hydrogen) atoms. The standard InChI is InChI=1S/C22H26Cl2N2O3S/c1-14-4-7-21(15(2)12-14)30(28,29)26-10-8-17(9-11-26)22(27)25-16(3)19-6-5-18(23)13-20(19)24/h4-7,12-13,16-17H,8-11H2,1-3H3,(H,25,27). The molecule has 1 N–H and O–H groups in total. The minimum atomic E-state index is -3.56. The smallest absolute Gasteiger partial charge is 0.243 e. The molecule has 1 heterocycles. The number of piperidine rings is 1. The van der Waals surface area contributed by atoms with Gasteiger partial charge in [-0.2, -0.15) is 4.31 Å².